The van der Waals surface area contributed by atoms with Gasteiger partial charge >= 0.3 is 11.9 Å². The number of hydrogen-bond donors (Lipinski definition) is 1. The fourth-order valence-electron chi connectivity index (χ4n) is 11.5. The Balaban J connectivity index is 3.36. The molecular formula is C74H142O5. The Hall–Kier alpha value is -1.62. The van der Waals surface area contributed by atoms with Gasteiger partial charge in [0.1, 0.15) is 6.61 Å². The molecule has 0 aliphatic carbocycles. The summed E-state index contributed by atoms with van der Waals surface area (Å²) in [6.07, 6.45) is 92.4. The third-order valence-corrected chi connectivity index (χ3v) is 17.0. The molecule has 468 valence electrons. The predicted molar refractivity (Wildman–Crippen MR) is 348 cm³/mol. The van der Waals surface area contributed by atoms with Gasteiger partial charge in [-0.1, -0.05) is 385 Å². The molecule has 1 atom stereocenters. The molecule has 0 aromatic carbocycles. The second kappa shape index (κ2) is 70.6. The van der Waals surface area contributed by atoms with Gasteiger partial charge < -0.3 is 14.6 Å². The minimum Gasteiger partial charge on any atom is -0.462 e. The number of carbonyl (C=O) groups is 2. The quantitative estimate of drug-likeness (QED) is 0.0373. The maximum Gasteiger partial charge on any atom is 0.306 e. The molecule has 0 saturated heterocycles. The fraction of sp³-hybridized carbons (Fsp3) is 0.919. The van der Waals surface area contributed by atoms with E-state index in [1.807, 2.05) is 0 Å². The van der Waals surface area contributed by atoms with Crippen molar-refractivity contribution < 1.29 is 24.2 Å². The molecule has 0 spiro atoms. The molecule has 0 aliphatic heterocycles. The maximum absolute atomic E-state index is 12.4. The number of allylic oxidation sites excluding steroid dienone is 4. The van der Waals surface area contributed by atoms with Crippen molar-refractivity contribution in [3.05, 3.63) is 24.3 Å². The summed E-state index contributed by atoms with van der Waals surface area (Å²) in [7, 11) is 0. The average molecular weight is 1110 g/mol. The third-order valence-electron chi connectivity index (χ3n) is 17.0. The fourth-order valence-corrected chi connectivity index (χ4v) is 11.5. The zero-order chi connectivity index (χ0) is 56.9. The van der Waals surface area contributed by atoms with Gasteiger partial charge in [-0.25, -0.2) is 0 Å². The summed E-state index contributed by atoms with van der Waals surface area (Å²) in [5, 5.41) is 9.71. The van der Waals surface area contributed by atoms with E-state index >= 15 is 0 Å². The standard InChI is InChI=1S/C74H142O5/c1-3-5-7-9-11-13-15-17-19-21-23-25-27-29-31-33-34-35-36-37-38-39-41-42-44-46-48-50-52-54-56-58-60-62-64-66-68-73(76)78-71-72(70-75)79-74(77)69-67-65-63-61-59-57-55-53-51-49-47-45-43-40-32-30-28-26-24-22-20-18-16-14-12-10-8-6-4-2/h16,18,22,24,72,75H,3-15,17,19-21,23,25-71H2,1-2H3/b18-16-,24-22-. The highest BCUT2D eigenvalue weighted by Gasteiger charge is 2.16. The van der Waals surface area contributed by atoms with Gasteiger partial charge in [0.25, 0.3) is 0 Å². The lowest BCUT2D eigenvalue weighted by atomic mass is 10.0. The SMILES string of the molecule is CCCCCCC/C=C\C/C=C\CCCCCCCCCCCCCCCCCCCC(=O)OC(CO)COC(=O)CCCCCCCCCCCCCCCCCCCCCCCCCCCCCCCCCCCCCC. The van der Waals surface area contributed by atoms with Gasteiger partial charge in [0.15, 0.2) is 6.10 Å². The highest BCUT2D eigenvalue weighted by molar-refractivity contribution is 5.70. The van der Waals surface area contributed by atoms with Crippen LogP contribution in [0.2, 0.25) is 0 Å². The minimum atomic E-state index is -0.769. The highest BCUT2D eigenvalue weighted by Crippen LogP contribution is 2.20. The van der Waals surface area contributed by atoms with Crippen LogP contribution in [0.25, 0.3) is 0 Å². The number of hydrogen-bond acceptors (Lipinski definition) is 5. The molecule has 0 rings (SSSR count). The summed E-state index contributed by atoms with van der Waals surface area (Å²) < 4.78 is 10.8. The maximum atomic E-state index is 12.4. The molecular weight excluding hydrogens is 969 g/mol. The minimum absolute atomic E-state index is 0.0582. The van der Waals surface area contributed by atoms with E-state index in [9.17, 15) is 14.7 Å². The summed E-state index contributed by atoms with van der Waals surface area (Å²) in [4.78, 5) is 24.7. The Morgan fingerprint density at radius 1 is 0.291 bits per heavy atom. The van der Waals surface area contributed by atoms with Crippen LogP contribution in [0.4, 0.5) is 0 Å². The van der Waals surface area contributed by atoms with Crippen molar-refractivity contribution in [2.45, 2.75) is 424 Å². The van der Waals surface area contributed by atoms with Crippen molar-refractivity contribution in [3.8, 4) is 0 Å². The highest BCUT2D eigenvalue weighted by atomic mass is 16.6. The molecule has 5 heteroatoms. The van der Waals surface area contributed by atoms with Crippen LogP contribution in [-0.2, 0) is 19.1 Å². The summed E-state index contributed by atoms with van der Waals surface area (Å²) in [5.41, 5.74) is 0. The van der Waals surface area contributed by atoms with Crippen LogP contribution in [0.3, 0.4) is 0 Å². The molecule has 0 aromatic heterocycles. The van der Waals surface area contributed by atoms with E-state index < -0.39 is 6.10 Å². The lowest BCUT2D eigenvalue weighted by Gasteiger charge is -2.15. The number of aliphatic hydroxyl groups excluding tert-OH is 1. The van der Waals surface area contributed by atoms with Crippen molar-refractivity contribution >= 4 is 11.9 Å². The van der Waals surface area contributed by atoms with E-state index in [0.717, 1.165) is 38.5 Å². The normalized spacial score (nSPS) is 12.2. The number of unbranched alkanes of at least 4 members (excludes halogenated alkanes) is 57. The van der Waals surface area contributed by atoms with Crippen LogP contribution in [-0.4, -0.2) is 36.4 Å². The number of aliphatic hydroxyl groups is 1. The molecule has 0 bridgehead atoms. The molecule has 1 N–H and O–H groups in total. The Morgan fingerprint density at radius 2 is 0.506 bits per heavy atom. The molecule has 79 heavy (non-hydrogen) atoms. The summed E-state index contributed by atoms with van der Waals surface area (Å²) in [6.45, 7) is 4.20. The van der Waals surface area contributed by atoms with E-state index in [-0.39, 0.29) is 25.2 Å². The number of carbonyl (C=O) groups excluding carboxylic acids is 2. The second-order valence-corrected chi connectivity index (χ2v) is 25.0. The first-order valence-corrected chi connectivity index (χ1v) is 36.4. The van der Waals surface area contributed by atoms with Gasteiger partial charge in [0.05, 0.1) is 6.61 Å². The largest absolute Gasteiger partial charge is 0.462 e. The Labute approximate surface area is 495 Å². The van der Waals surface area contributed by atoms with Gasteiger partial charge in [0.2, 0.25) is 0 Å². The molecule has 0 heterocycles. The van der Waals surface area contributed by atoms with Gasteiger partial charge in [-0.15, -0.1) is 0 Å². The van der Waals surface area contributed by atoms with Gasteiger partial charge in [0, 0.05) is 12.8 Å². The molecule has 0 aliphatic rings. The van der Waals surface area contributed by atoms with Crippen LogP contribution in [0.15, 0.2) is 24.3 Å². The molecule has 0 radical (unpaired) electrons. The van der Waals surface area contributed by atoms with E-state index in [1.165, 1.54) is 353 Å². The Bertz CT molecular complexity index is 1210. The number of ether oxygens (including phenoxy) is 2. The Kier molecular flexibility index (Phi) is 69.2. The van der Waals surface area contributed by atoms with Crippen LogP contribution in [0.5, 0.6) is 0 Å². The molecule has 0 amide bonds. The van der Waals surface area contributed by atoms with Crippen molar-refractivity contribution in [3.63, 3.8) is 0 Å². The number of rotatable bonds is 69. The zero-order valence-corrected chi connectivity index (χ0v) is 53.9. The predicted octanol–water partition coefficient (Wildman–Crippen LogP) is 25.2. The summed E-state index contributed by atoms with van der Waals surface area (Å²) >= 11 is 0. The van der Waals surface area contributed by atoms with Gasteiger partial charge in [-0.2, -0.15) is 0 Å². The molecule has 0 saturated carbocycles. The summed E-state index contributed by atoms with van der Waals surface area (Å²) in [6, 6.07) is 0. The first-order valence-electron chi connectivity index (χ1n) is 36.4. The molecule has 0 aromatic rings. The second-order valence-electron chi connectivity index (χ2n) is 25.0. The van der Waals surface area contributed by atoms with Crippen LogP contribution >= 0.6 is 0 Å². The van der Waals surface area contributed by atoms with Crippen LogP contribution in [0, 0.1) is 0 Å². The van der Waals surface area contributed by atoms with E-state index in [4.69, 9.17) is 9.47 Å². The lowest BCUT2D eigenvalue weighted by molar-refractivity contribution is -0.161. The van der Waals surface area contributed by atoms with Gasteiger partial charge in [-0.3, -0.25) is 9.59 Å². The van der Waals surface area contributed by atoms with Crippen molar-refractivity contribution in [2.75, 3.05) is 13.2 Å². The molecule has 0 fully saturated rings. The topological polar surface area (TPSA) is 72.8 Å². The Morgan fingerprint density at radius 3 is 0.747 bits per heavy atom. The summed E-state index contributed by atoms with van der Waals surface area (Å²) in [5.74, 6) is -0.563. The van der Waals surface area contributed by atoms with E-state index in [0.29, 0.717) is 12.8 Å². The first-order chi connectivity index (χ1) is 39.1. The molecule has 5 nitrogen and oxygen atoms in total. The van der Waals surface area contributed by atoms with Crippen molar-refractivity contribution in [1.82, 2.24) is 0 Å². The van der Waals surface area contributed by atoms with Gasteiger partial charge in [-0.05, 0) is 44.9 Å². The first kappa shape index (κ1) is 77.4. The van der Waals surface area contributed by atoms with Crippen molar-refractivity contribution in [2.24, 2.45) is 0 Å². The van der Waals surface area contributed by atoms with Crippen LogP contribution in [0.1, 0.15) is 418 Å². The van der Waals surface area contributed by atoms with E-state index in [2.05, 4.69) is 38.2 Å². The van der Waals surface area contributed by atoms with Crippen molar-refractivity contribution in [1.29, 1.82) is 0 Å². The monoisotopic (exact) mass is 1110 g/mol. The number of esters is 2. The molecule has 1 unspecified atom stereocenters. The lowest BCUT2D eigenvalue weighted by Crippen LogP contribution is -2.28. The average Bonchev–Trinajstić information content (AvgIpc) is 3.45. The van der Waals surface area contributed by atoms with E-state index in [1.54, 1.807) is 0 Å². The smallest absolute Gasteiger partial charge is 0.306 e. The van der Waals surface area contributed by atoms with Crippen LogP contribution < -0.4 is 0 Å². The third kappa shape index (κ3) is 68.8. The zero-order valence-electron chi connectivity index (χ0n) is 53.9.